The van der Waals surface area contributed by atoms with Gasteiger partial charge in [0.1, 0.15) is 5.65 Å². The van der Waals surface area contributed by atoms with Crippen molar-refractivity contribution < 1.29 is 0 Å². The lowest BCUT2D eigenvalue weighted by Gasteiger charge is -2.15. The van der Waals surface area contributed by atoms with Gasteiger partial charge in [0.2, 0.25) is 5.95 Å². The van der Waals surface area contributed by atoms with E-state index in [0.717, 1.165) is 82.8 Å². The molecule has 0 amide bonds. The van der Waals surface area contributed by atoms with E-state index in [1.807, 2.05) is 30.5 Å². The van der Waals surface area contributed by atoms with Crippen LogP contribution in [0.25, 0.3) is 100 Å². The molecule has 0 fully saturated rings. The maximum absolute atomic E-state index is 5.37. The first kappa shape index (κ1) is 31.8. The standard InChI is InChI=1S/C50H32N6/c1-3-16-33(17-4-1)35-30-36(34-18-5-2-6-19-34)32-37(31-35)47-52-48(54-50(53-47)56-44-26-12-7-20-38(44)39-21-8-13-27-45(39)56)42-23-10-14-28-46(42)55-43-25-11-9-22-40(43)41-24-15-29-51-49(41)55/h1-32H. The van der Waals surface area contributed by atoms with Gasteiger partial charge in [0.05, 0.1) is 22.2 Å². The van der Waals surface area contributed by atoms with Crippen LogP contribution in [0.4, 0.5) is 0 Å². The third kappa shape index (κ3) is 5.19. The lowest BCUT2D eigenvalue weighted by atomic mass is 9.96. The Hall–Kier alpha value is -7.70. The quantitative estimate of drug-likeness (QED) is 0.172. The van der Waals surface area contributed by atoms with E-state index in [-0.39, 0.29) is 0 Å². The van der Waals surface area contributed by atoms with Crippen molar-refractivity contribution in [3.05, 3.63) is 194 Å². The van der Waals surface area contributed by atoms with Crippen LogP contribution in [0.15, 0.2) is 194 Å². The minimum absolute atomic E-state index is 0.545. The molecule has 0 saturated carbocycles. The fourth-order valence-corrected chi connectivity index (χ4v) is 8.10. The van der Waals surface area contributed by atoms with E-state index < -0.39 is 0 Å². The van der Waals surface area contributed by atoms with Gasteiger partial charge < -0.3 is 0 Å². The molecule has 262 valence electrons. The monoisotopic (exact) mass is 716 g/mol. The van der Waals surface area contributed by atoms with Crippen LogP contribution in [0.3, 0.4) is 0 Å². The molecule has 0 atom stereocenters. The van der Waals surface area contributed by atoms with E-state index in [9.17, 15) is 0 Å². The number of pyridine rings is 1. The van der Waals surface area contributed by atoms with Gasteiger partial charge in [-0.15, -0.1) is 0 Å². The zero-order valence-electron chi connectivity index (χ0n) is 30.2. The number of nitrogens with zero attached hydrogens (tertiary/aromatic N) is 6. The van der Waals surface area contributed by atoms with Crippen LogP contribution < -0.4 is 0 Å². The molecule has 0 saturated heterocycles. The highest BCUT2D eigenvalue weighted by molar-refractivity contribution is 6.09. The highest BCUT2D eigenvalue weighted by atomic mass is 15.2. The average molecular weight is 717 g/mol. The van der Waals surface area contributed by atoms with Gasteiger partial charge in [-0.05, 0) is 82.9 Å². The van der Waals surface area contributed by atoms with Crippen molar-refractivity contribution in [3.63, 3.8) is 0 Å². The number of hydrogen-bond acceptors (Lipinski definition) is 4. The smallest absolute Gasteiger partial charge is 0.238 e. The van der Waals surface area contributed by atoms with Gasteiger partial charge in [-0.25, -0.2) is 9.97 Å². The maximum atomic E-state index is 5.37. The van der Waals surface area contributed by atoms with Crippen molar-refractivity contribution in [3.8, 4) is 56.7 Å². The third-order valence-corrected chi connectivity index (χ3v) is 10.6. The van der Waals surface area contributed by atoms with Crippen LogP contribution >= 0.6 is 0 Å². The van der Waals surface area contributed by atoms with E-state index in [2.05, 4.69) is 173 Å². The van der Waals surface area contributed by atoms with Crippen molar-refractivity contribution in [1.29, 1.82) is 0 Å². The molecule has 4 aromatic heterocycles. The molecule has 0 bridgehead atoms. The Morgan fingerprint density at radius 3 is 1.46 bits per heavy atom. The van der Waals surface area contributed by atoms with Crippen molar-refractivity contribution in [2.24, 2.45) is 0 Å². The summed E-state index contributed by atoms with van der Waals surface area (Å²) < 4.78 is 4.40. The normalized spacial score (nSPS) is 11.6. The summed E-state index contributed by atoms with van der Waals surface area (Å²) in [5.74, 6) is 1.69. The molecule has 0 unspecified atom stereocenters. The summed E-state index contributed by atoms with van der Waals surface area (Å²) in [4.78, 5) is 21.0. The molecular formula is C50H32N6. The molecule has 56 heavy (non-hydrogen) atoms. The molecule has 11 rings (SSSR count). The summed E-state index contributed by atoms with van der Waals surface area (Å²) in [6, 6.07) is 65.4. The van der Waals surface area contributed by atoms with E-state index in [4.69, 9.17) is 19.9 Å². The van der Waals surface area contributed by atoms with Crippen molar-refractivity contribution in [2.75, 3.05) is 0 Å². The molecule has 6 nitrogen and oxygen atoms in total. The Morgan fingerprint density at radius 1 is 0.339 bits per heavy atom. The number of hydrogen-bond donors (Lipinski definition) is 0. The first-order valence-electron chi connectivity index (χ1n) is 18.7. The number of benzene rings is 7. The molecule has 4 heterocycles. The molecule has 0 aliphatic carbocycles. The third-order valence-electron chi connectivity index (χ3n) is 10.6. The summed E-state index contributed by atoms with van der Waals surface area (Å²) in [6.07, 6.45) is 1.85. The zero-order valence-corrected chi connectivity index (χ0v) is 30.2. The molecular weight excluding hydrogens is 685 g/mol. The summed E-state index contributed by atoms with van der Waals surface area (Å²) in [6.45, 7) is 0. The van der Waals surface area contributed by atoms with Crippen molar-refractivity contribution in [1.82, 2.24) is 29.1 Å². The molecule has 6 heteroatoms. The summed E-state index contributed by atoms with van der Waals surface area (Å²) in [7, 11) is 0. The summed E-state index contributed by atoms with van der Waals surface area (Å²) >= 11 is 0. The van der Waals surface area contributed by atoms with Crippen molar-refractivity contribution in [2.45, 2.75) is 0 Å². The van der Waals surface area contributed by atoms with Gasteiger partial charge in [0.25, 0.3) is 0 Å². The van der Waals surface area contributed by atoms with Crippen LogP contribution in [0.2, 0.25) is 0 Å². The largest absolute Gasteiger partial charge is 0.293 e. The van der Waals surface area contributed by atoms with Gasteiger partial charge in [-0.2, -0.15) is 9.97 Å². The van der Waals surface area contributed by atoms with E-state index in [1.54, 1.807) is 0 Å². The van der Waals surface area contributed by atoms with E-state index in [1.165, 1.54) is 0 Å². The lowest BCUT2D eigenvalue weighted by molar-refractivity contribution is 0.951. The van der Waals surface area contributed by atoms with Crippen LogP contribution in [-0.2, 0) is 0 Å². The summed E-state index contributed by atoms with van der Waals surface area (Å²) in [5.41, 5.74) is 11.1. The number of aromatic nitrogens is 6. The minimum Gasteiger partial charge on any atom is -0.293 e. The molecule has 0 aliphatic rings. The number of fused-ring (bicyclic) bond motifs is 6. The van der Waals surface area contributed by atoms with Gasteiger partial charge in [0.15, 0.2) is 11.6 Å². The molecule has 0 spiro atoms. The van der Waals surface area contributed by atoms with Gasteiger partial charge in [-0.3, -0.25) is 9.13 Å². The Balaban J connectivity index is 1.22. The highest BCUT2D eigenvalue weighted by Gasteiger charge is 2.22. The van der Waals surface area contributed by atoms with Crippen LogP contribution in [0, 0.1) is 0 Å². The second-order valence-electron chi connectivity index (χ2n) is 13.9. The van der Waals surface area contributed by atoms with Gasteiger partial charge in [0, 0.05) is 38.9 Å². The Labute approximate surface area is 322 Å². The molecule has 0 radical (unpaired) electrons. The predicted octanol–water partition coefficient (Wildman–Crippen LogP) is 12.1. The van der Waals surface area contributed by atoms with Crippen molar-refractivity contribution >= 4 is 43.7 Å². The average Bonchev–Trinajstić information content (AvgIpc) is 3.80. The van der Waals surface area contributed by atoms with Crippen LogP contribution in [-0.4, -0.2) is 29.1 Å². The van der Waals surface area contributed by atoms with Crippen LogP contribution in [0.5, 0.6) is 0 Å². The second-order valence-corrected chi connectivity index (χ2v) is 13.9. The van der Waals surface area contributed by atoms with Gasteiger partial charge in [-0.1, -0.05) is 127 Å². The Kier molecular flexibility index (Phi) is 7.38. The fourth-order valence-electron chi connectivity index (χ4n) is 8.10. The minimum atomic E-state index is 0.545. The Bertz CT molecular complexity index is 3090. The second kappa shape index (κ2) is 13.0. The van der Waals surface area contributed by atoms with E-state index in [0.29, 0.717) is 17.6 Å². The van der Waals surface area contributed by atoms with Crippen LogP contribution in [0.1, 0.15) is 0 Å². The predicted molar refractivity (Wildman–Crippen MR) is 228 cm³/mol. The molecule has 0 aliphatic heterocycles. The zero-order chi connectivity index (χ0) is 37.0. The maximum Gasteiger partial charge on any atom is 0.238 e. The first-order valence-corrected chi connectivity index (χ1v) is 18.7. The Morgan fingerprint density at radius 2 is 0.821 bits per heavy atom. The molecule has 7 aromatic carbocycles. The SMILES string of the molecule is c1ccc(-c2cc(-c3ccccc3)cc(-c3nc(-c4ccccc4-n4c5ccccc5c5cccnc54)nc(-n4c5ccccc5c5ccccc54)n3)c2)cc1. The topological polar surface area (TPSA) is 61.4 Å². The lowest BCUT2D eigenvalue weighted by Crippen LogP contribution is -2.08. The highest BCUT2D eigenvalue weighted by Crippen LogP contribution is 2.38. The first-order chi connectivity index (χ1) is 27.8. The number of rotatable bonds is 6. The summed E-state index contributed by atoms with van der Waals surface area (Å²) in [5, 5.41) is 4.51. The van der Waals surface area contributed by atoms with E-state index >= 15 is 0 Å². The molecule has 0 N–H and O–H groups in total. The molecule has 11 aromatic rings. The van der Waals surface area contributed by atoms with Gasteiger partial charge >= 0.3 is 0 Å². The number of para-hydroxylation sites is 4. The fraction of sp³-hybridized carbons (Fsp3) is 0.